The van der Waals surface area contributed by atoms with Gasteiger partial charge in [-0.15, -0.1) is 24.0 Å². The Balaban J connectivity index is 0.00000512. The molecule has 0 aromatic heterocycles. The minimum atomic E-state index is 0. The smallest absolute Gasteiger partial charge is 0.239 e. The van der Waals surface area contributed by atoms with Crippen molar-refractivity contribution < 1.29 is 19.0 Å². The molecular weight excluding hydrogens is 525 g/mol. The number of likely N-dealkylation sites (tertiary alicyclic amines) is 1. The van der Waals surface area contributed by atoms with E-state index < -0.39 is 0 Å². The molecule has 1 unspecified atom stereocenters. The van der Waals surface area contributed by atoms with E-state index in [9.17, 15) is 4.79 Å². The summed E-state index contributed by atoms with van der Waals surface area (Å²) in [6.07, 6.45) is 2.96. The van der Waals surface area contributed by atoms with Crippen LogP contribution in [0.2, 0.25) is 0 Å². The minimum absolute atomic E-state index is 0. The van der Waals surface area contributed by atoms with E-state index in [4.69, 9.17) is 14.2 Å². The number of guanidine groups is 1. The third-order valence-corrected chi connectivity index (χ3v) is 5.41. The second kappa shape index (κ2) is 14.2. The van der Waals surface area contributed by atoms with Gasteiger partial charge in [0.2, 0.25) is 11.7 Å². The molecule has 0 spiro atoms. The Morgan fingerprint density at radius 1 is 1.16 bits per heavy atom. The summed E-state index contributed by atoms with van der Waals surface area (Å²) in [5.41, 5.74) is 0.986. The molecule has 2 N–H and O–H groups in total. The van der Waals surface area contributed by atoms with E-state index in [1.165, 1.54) is 0 Å². The van der Waals surface area contributed by atoms with Crippen LogP contribution in [0.4, 0.5) is 0 Å². The standard InChI is InChI=1S/C22H37N5O4.HI/c1-23-22(24-10-8-12-27-11-7-9-17(27)21(28)26(2)3)25-15-16-13-18(29-4)20(31-6)19(14-16)30-5;/h13-14,17H,7-12,15H2,1-6H3,(H2,23,24,25);1H. The molecule has 1 amide bonds. The van der Waals surface area contributed by atoms with Crippen LogP contribution in [0.3, 0.4) is 0 Å². The number of methoxy groups -OCH3 is 3. The quantitative estimate of drug-likeness (QED) is 0.195. The average Bonchev–Trinajstić information content (AvgIpc) is 3.25. The number of carbonyl (C=O) groups is 1. The fraction of sp³-hybridized carbons (Fsp3) is 0.636. The lowest BCUT2D eigenvalue weighted by Crippen LogP contribution is -2.44. The van der Waals surface area contributed by atoms with Crippen LogP contribution in [-0.4, -0.2) is 89.8 Å². The van der Waals surface area contributed by atoms with Gasteiger partial charge in [0.05, 0.1) is 27.4 Å². The molecule has 1 atom stereocenters. The van der Waals surface area contributed by atoms with Crippen molar-refractivity contribution in [1.29, 1.82) is 0 Å². The molecule has 1 heterocycles. The molecule has 1 aromatic rings. The topological polar surface area (TPSA) is 87.7 Å². The fourth-order valence-corrected chi connectivity index (χ4v) is 3.80. The summed E-state index contributed by atoms with van der Waals surface area (Å²) >= 11 is 0. The number of nitrogens with one attached hydrogen (secondary N) is 2. The van der Waals surface area contributed by atoms with Crippen LogP contribution in [-0.2, 0) is 11.3 Å². The number of hydrogen-bond donors (Lipinski definition) is 2. The predicted octanol–water partition coefficient (Wildman–Crippen LogP) is 1.94. The third-order valence-electron chi connectivity index (χ3n) is 5.41. The van der Waals surface area contributed by atoms with Crippen molar-refractivity contribution in [1.82, 2.24) is 20.4 Å². The van der Waals surface area contributed by atoms with Gasteiger partial charge in [0, 0.05) is 40.8 Å². The molecule has 1 saturated heterocycles. The van der Waals surface area contributed by atoms with Gasteiger partial charge in [-0.1, -0.05) is 0 Å². The molecule has 1 aromatic carbocycles. The van der Waals surface area contributed by atoms with Gasteiger partial charge in [-0.05, 0) is 43.5 Å². The number of nitrogens with zero attached hydrogens (tertiary/aromatic N) is 3. The van der Waals surface area contributed by atoms with Crippen LogP contribution in [0.15, 0.2) is 17.1 Å². The zero-order chi connectivity index (χ0) is 22.8. The summed E-state index contributed by atoms with van der Waals surface area (Å²) in [7, 11) is 10.2. The maximum Gasteiger partial charge on any atom is 0.239 e. The summed E-state index contributed by atoms with van der Waals surface area (Å²) in [6, 6.07) is 3.85. The number of benzene rings is 1. The number of aliphatic imine (C=N–C) groups is 1. The Labute approximate surface area is 208 Å². The molecule has 10 heteroatoms. The van der Waals surface area contributed by atoms with Crippen molar-refractivity contribution in [2.45, 2.75) is 31.8 Å². The number of hydrogen-bond acceptors (Lipinski definition) is 6. The summed E-state index contributed by atoms with van der Waals surface area (Å²) in [5.74, 6) is 2.73. The van der Waals surface area contributed by atoms with E-state index >= 15 is 0 Å². The highest BCUT2D eigenvalue weighted by molar-refractivity contribution is 14.0. The van der Waals surface area contributed by atoms with Crippen molar-refractivity contribution in [2.75, 3.05) is 62.1 Å². The molecule has 32 heavy (non-hydrogen) atoms. The SMILES string of the molecule is CN=C(NCCCN1CCCC1C(=O)N(C)C)NCc1cc(OC)c(OC)c(OC)c1.I. The largest absolute Gasteiger partial charge is 0.493 e. The van der Waals surface area contributed by atoms with E-state index in [0.717, 1.165) is 50.4 Å². The average molecular weight is 563 g/mol. The second-order valence-electron chi connectivity index (χ2n) is 7.67. The lowest BCUT2D eigenvalue weighted by Gasteiger charge is -2.26. The van der Waals surface area contributed by atoms with Crippen LogP contribution >= 0.6 is 24.0 Å². The summed E-state index contributed by atoms with van der Waals surface area (Å²) in [5, 5.41) is 6.65. The minimum Gasteiger partial charge on any atom is -0.493 e. The highest BCUT2D eigenvalue weighted by Gasteiger charge is 2.30. The van der Waals surface area contributed by atoms with Gasteiger partial charge in [-0.2, -0.15) is 0 Å². The zero-order valence-corrected chi connectivity index (χ0v) is 22.4. The summed E-state index contributed by atoms with van der Waals surface area (Å²) in [4.78, 5) is 20.6. The summed E-state index contributed by atoms with van der Waals surface area (Å²) in [6.45, 7) is 3.20. The number of halogens is 1. The lowest BCUT2D eigenvalue weighted by molar-refractivity contribution is -0.133. The number of carbonyl (C=O) groups excluding carboxylic acids is 1. The Morgan fingerprint density at radius 3 is 2.34 bits per heavy atom. The molecule has 0 saturated carbocycles. The molecule has 2 rings (SSSR count). The van der Waals surface area contributed by atoms with Crippen LogP contribution in [0.1, 0.15) is 24.8 Å². The Kier molecular flexibility index (Phi) is 12.5. The molecule has 9 nitrogen and oxygen atoms in total. The third kappa shape index (κ3) is 7.58. The fourth-order valence-electron chi connectivity index (χ4n) is 3.80. The van der Waals surface area contributed by atoms with Crippen molar-refractivity contribution in [3.8, 4) is 17.2 Å². The molecule has 1 aliphatic rings. The highest BCUT2D eigenvalue weighted by Crippen LogP contribution is 2.38. The van der Waals surface area contributed by atoms with Gasteiger partial charge in [-0.3, -0.25) is 14.7 Å². The van der Waals surface area contributed by atoms with Gasteiger partial charge in [0.15, 0.2) is 17.5 Å². The number of likely N-dealkylation sites (N-methyl/N-ethyl adjacent to an activating group) is 1. The number of rotatable bonds is 10. The number of amides is 1. The van der Waals surface area contributed by atoms with E-state index in [-0.39, 0.29) is 35.9 Å². The van der Waals surface area contributed by atoms with E-state index in [1.54, 1.807) is 33.3 Å². The molecule has 1 fully saturated rings. The van der Waals surface area contributed by atoms with Crippen molar-refractivity contribution in [3.63, 3.8) is 0 Å². The molecule has 182 valence electrons. The van der Waals surface area contributed by atoms with E-state index in [0.29, 0.717) is 23.8 Å². The van der Waals surface area contributed by atoms with Crippen LogP contribution in [0.25, 0.3) is 0 Å². The van der Waals surface area contributed by atoms with Gasteiger partial charge in [-0.25, -0.2) is 0 Å². The normalized spacial score (nSPS) is 16.2. The Hall–Kier alpha value is -1.95. The first kappa shape index (κ1) is 28.1. The first-order valence-electron chi connectivity index (χ1n) is 10.6. The van der Waals surface area contributed by atoms with E-state index in [2.05, 4.69) is 20.5 Å². The highest BCUT2D eigenvalue weighted by atomic mass is 127. The molecule has 0 aliphatic carbocycles. The molecule has 0 radical (unpaired) electrons. The van der Waals surface area contributed by atoms with Gasteiger partial charge in [0.1, 0.15) is 0 Å². The first-order valence-corrected chi connectivity index (χ1v) is 10.6. The van der Waals surface area contributed by atoms with Crippen molar-refractivity contribution in [3.05, 3.63) is 17.7 Å². The van der Waals surface area contributed by atoms with Gasteiger partial charge < -0.3 is 29.7 Å². The molecule has 1 aliphatic heterocycles. The summed E-state index contributed by atoms with van der Waals surface area (Å²) < 4.78 is 16.2. The van der Waals surface area contributed by atoms with Crippen LogP contribution in [0.5, 0.6) is 17.2 Å². The number of ether oxygens (including phenoxy) is 3. The maximum absolute atomic E-state index is 12.3. The monoisotopic (exact) mass is 563 g/mol. The lowest BCUT2D eigenvalue weighted by atomic mass is 10.2. The Morgan fingerprint density at radius 2 is 1.81 bits per heavy atom. The van der Waals surface area contributed by atoms with Gasteiger partial charge >= 0.3 is 0 Å². The molecular formula is C22H38IN5O4. The Bertz CT molecular complexity index is 735. The predicted molar refractivity (Wildman–Crippen MR) is 138 cm³/mol. The first-order chi connectivity index (χ1) is 14.9. The van der Waals surface area contributed by atoms with Crippen LogP contribution < -0.4 is 24.8 Å². The van der Waals surface area contributed by atoms with Gasteiger partial charge in [0.25, 0.3) is 0 Å². The molecule has 0 bridgehead atoms. The maximum atomic E-state index is 12.3. The zero-order valence-electron chi connectivity index (χ0n) is 20.1. The van der Waals surface area contributed by atoms with Crippen molar-refractivity contribution >= 4 is 35.8 Å². The van der Waals surface area contributed by atoms with E-state index in [1.807, 2.05) is 26.2 Å². The second-order valence-corrected chi connectivity index (χ2v) is 7.67. The van der Waals surface area contributed by atoms with Crippen LogP contribution in [0, 0.1) is 0 Å². The van der Waals surface area contributed by atoms with Crippen molar-refractivity contribution in [2.24, 2.45) is 4.99 Å².